The van der Waals surface area contributed by atoms with Crippen LogP contribution in [0.1, 0.15) is 37.0 Å². The van der Waals surface area contributed by atoms with Crippen molar-refractivity contribution in [3.05, 3.63) is 124 Å². The van der Waals surface area contributed by atoms with E-state index in [1.165, 1.54) is 24.1 Å². The second-order valence-corrected chi connectivity index (χ2v) is 14.0. The summed E-state index contributed by atoms with van der Waals surface area (Å²) in [7, 11) is -2.70. The van der Waals surface area contributed by atoms with Crippen LogP contribution >= 0.6 is 15.9 Å². The maximum Gasteiger partial charge on any atom is 0.264 e. The van der Waals surface area contributed by atoms with E-state index in [9.17, 15) is 18.0 Å². The molecule has 0 saturated heterocycles. The number of methoxy groups -OCH3 is 1. The summed E-state index contributed by atoms with van der Waals surface area (Å²) in [5.41, 5.74) is 2.94. The van der Waals surface area contributed by atoms with Gasteiger partial charge in [-0.3, -0.25) is 13.9 Å². The van der Waals surface area contributed by atoms with Gasteiger partial charge in [-0.15, -0.1) is 0 Å². The Bertz CT molecular complexity index is 1720. The molecule has 0 aliphatic carbocycles. The second kappa shape index (κ2) is 15.9. The van der Waals surface area contributed by atoms with Crippen molar-refractivity contribution in [1.82, 2.24) is 10.2 Å². The Labute approximate surface area is 280 Å². The van der Waals surface area contributed by atoms with Crippen LogP contribution in [0.5, 0.6) is 5.75 Å². The van der Waals surface area contributed by atoms with Crippen LogP contribution in [-0.4, -0.2) is 50.9 Å². The van der Waals surface area contributed by atoms with Crippen molar-refractivity contribution < 1.29 is 22.7 Å². The van der Waals surface area contributed by atoms with Crippen LogP contribution in [-0.2, 0) is 32.6 Å². The molecule has 0 aliphatic rings. The van der Waals surface area contributed by atoms with Gasteiger partial charge < -0.3 is 15.0 Å². The number of anilines is 1. The minimum absolute atomic E-state index is 0.00978. The number of carbonyl (C=O) groups is 2. The molecule has 0 radical (unpaired) electrons. The molecule has 0 saturated carbocycles. The minimum Gasteiger partial charge on any atom is -0.497 e. The summed E-state index contributed by atoms with van der Waals surface area (Å²) in [6.45, 7) is 5.37. The highest BCUT2D eigenvalue weighted by molar-refractivity contribution is 9.10. The number of ether oxygens (including phenoxy) is 1. The summed E-state index contributed by atoms with van der Waals surface area (Å²) in [5, 5.41) is 3.05. The molecule has 0 spiro atoms. The van der Waals surface area contributed by atoms with Gasteiger partial charge in [-0.1, -0.05) is 83.0 Å². The zero-order valence-corrected chi connectivity index (χ0v) is 28.9. The van der Waals surface area contributed by atoms with Gasteiger partial charge in [-0.2, -0.15) is 0 Å². The van der Waals surface area contributed by atoms with Crippen LogP contribution < -0.4 is 14.4 Å². The summed E-state index contributed by atoms with van der Waals surface area (Å²) in [4.78, 5) is 30.0. The van der Waals surface area contributed by atoms with Gasteiger partial charge in [0, 0.05) is 23.5 Å². The molecule has 1 N–H and O–H groups in total. The van der Waals surface area contributed by atoms with Gasteiger partial charge in [-0.25, -0.2) is 8.42 Å². The molecule has 2 amide bonds. The van der Waals surface area contributed by atoms with Gasteiger partial charge in [0.25, 0.3) is 10.0 Å². The lowest BCUT2D eigenvalue weighted by Crippen LogP contribution is -2.54. The minimum atomic E-state index is -4.21. The smallest absolute Gasteiger partial charge is 0.264 e. The molecule has 10 heteroatoms. The molecule has 4 aromatic rings. The van der Waals surface area contributed by atoms with Gasteiger partial charge in [0.05, 0.1) is 17.7 Å². The van der Waals surface area contributed by atoms with E-state index in [2.05, 4.69) is 21.2 Å². The van der Waals surface area contributed by atoms with Crippen molar-refractivity contribution in [2.45, 2.75) is 57.1 Å². The number of benzene rings is 4. The van der Waals surface area contributed by atoms with E-state index in [-0.39, 0.29) is 29.8 Å². The van der Waals surface area contributed by atoms with Gasteiger partial charge >= 0.3 is 0 Å². The molecular weight excluding hydrogens is 666 g/mol. The number of sulfonamides is 1. The van der Waals surface area contributed by atoms with E-state index in [0.29, 0.717) is 17.9 Å². The lowest BCUT2D eigenvalue weighted by atomic mass is 10.0. The average Bonchev–Trinajstić information content (AvgIpc) is 3.06. The van der Waals surface area contributed by atoms with Crippen LogP contribution in [0.15, 0.2) is 112 Å². The first kappa shape index (κ1) is 34.7. The summed E-state index contributed by atoms with van der Waals surface area (Å²) in [6, 6.07) is 29.0. The molecule has 4 aromatic carbocycles. The topological polar surface area (TPSA) is 96.0 Å². The summed E-state index contributed by atoms with van der Waals surface area (Å²) in [6.07, 6.45) is 0.962. The van der Waals surface area contributed by atoms with Crippen molar-refractivity contribution in [3.8, 4) is 5.75 Å². The normalized spacial score (nSPS) is 12.5. The number of nitrogens with one attached hydrogen (secondary N) is 1. The third-order valence-corrected chi connectivity index (χ3v) is 10.0. The van der Waals surface area contributed by atoms with Gasteiger partial charge in [0.1, 0.15) is 18.3 Å². The Kier molecular flexibility index (Phi) is 12.0. The SMILES string of the molecule is CC[C@H](C)NC(=O)[C@@H](Cc1ccccc1)N(Cc1cccc(Br)c1)C(=O)CN(c1ccc(C)cc1)S(=O)(=O)c1ccc(OC)cc1. The van der Waals surface area contributed by atoms with Crippen molar-refractivity contribution in [3.63, 3.8) is 0 Å². The molecule has 0 unspecified atom stereocenters. The summed E-state index contributed by atoms with van der Waals surface area (Å²) in [5.74, 6) is -0.312. The van der Waals surface area contributed by atoms with E-state index >= 15 is 0 Å². The van der Waals surface area contributed by atoms with Crippen LogP contribution in [0.2, 0.25) is 0 Å². The molecule has 0 fully saturated rings. The number of hydrogen-bond donors (Lipinski definition) is 1. The zero-order valence-electron chi connectivity index (χ0n) is 26.5. The van der Waals surface area contributed by atoms with Crippen LogP contribution in [0, 0.1) is 6.92 Å². The number of nitrogens with zero attached hydrogens (tertiary/aromatic N) is 2. The third-order valence-electron chi connectivity index (χ3n) is 7.76. The highest BCUT2D eigenvalue weighted by atomic mass is 79.9. The molecule has 8 nitrogen and oxygen atoms in total. The van der Waals surface area contributed by atoms with Crippen LogP contribution in [0.25, 0.3) is 0 Å². The lowest BCUT2D eigenvalue weighted by molar-refractivity contribution is -0.140. The Hall–Kier alpha value is -4.15. The number of halogens is 1. The van der Waals surface area contributed by atoms with E-state index in [0.717, 1.165) is 25.5 Å². The Balaban J connectivity index is 1.80. The molecule has 2 atom stereocenters. The van der Waals surface area contributed by atoms with Crippen molar-refractivity contribution in [1.29, 1.82) is 0 Å². The molecular formula is C36H40BrN3O5S. The molecule has 242 valence electrons. The molecule has 0 aromatic heterocycles. The van der Waals surface area contributed by atoms with Crippen LogP contribution in [0.4, 0.5) is 5.69 Å². The van der Waals surface area contributed by atoms with E-state index in [4.69, 9.17) is 4.74 Å². The number of carbonyl (C=O) groups excluding carboxylic acids is 2. The zero-order chi connectivity index (χ0) is 33.3. The van der Waals surface area contributed by atoms with Crippen molar-refractivity contribution in [2.75, 3.05) is 18.0 Å². The standard InChI is InChI=1S/C36H40BrN3O5S/c1-5-27(3)38-36(42)34(23-28-10-7-6-8-11-28)39(24-29-12-9-13-30(37)22-29)35(41)25-40(31-16-14-26(2)15-17-31)46(43,44)33-20-18-32(45-4)19-21-33/h6-22,27,34H,5,23-25H2,1-4H3,(H,38,42)/t27-,34+/m0/s1. The van der Waals surface area contributed by atoms with E-state index in [1.807, 2.05) is 75.4 Å². The number of amides is 2. The molecule has 0 bridgehead atoms. The predicted molar refractivity (Wildman–Crippen MR) is 185 cm³/mol. The summed E-state index contributed by atoms with van der Waals surface area (Å²) < 4.78 is 35.5. The average molecular weight is 707 g/mol. The fraction of sp³-hybridized carbons (Fsp3) is 0.278. The van der Waals surface area contributed by atoms with Gasteiger partial charge in [-0.05, 0) is 79.9 Å². The molecule has 0 heterocycles. The number of rotatable bonds is 14. The van der Waals surface area contributed by atoms with Crippen LogP contribution in [0.3, 0.4) is 0 Å². The largest absolute Gasteiger partial charge is 0.497 e. The fourth-order valence-corrected chi connectivity index (χ4v) is 6.80. The maximum absolute atomic E-state index is 14.6. The lowest BCUT2D eigenvalue weighted by Gasteiger charge is -2.34. The first-order chi connectivity index (χ1) is 22.0. The first-order valence-electron chi connectivity index (χ1n) is 15.1. The number of hydrogen-bond acceptors (Lipinski definition) is 5. The van der Waals surface area contributed by atoms with Gasteiger partial charge in [0.15, 0.2) is 0 Å². The monoisotopic (exact) mass is 705 g/mol. The van der Waals surface area contributed by atoms with E-state index < -0.39 is 28.5 Å². The first-order valence-corrected chi connectivity index (χ1v) is 17.4. The Morgan fingerprint density at radius 2 is 1.54 bits per heavy atom. The Morgan fingerprint density at radius 1 is 0.891 bits per heavy atom. The quantitative estimate of drug-likeness (QED) is 0.161. The molecule has 0 aliphatic heterocycles. The highest BCUT2D eigenvalue weighted by Crippen LogP contribution is 2.27. The summed E-state index contributed by atoms with van der Waals surface area (Å²) >= 11 is 3.51. The van der Waals surface area contributed by atoms with Crippen molar-refractivity contribution >= 4 is 43.5 Å². The fourth-order valence-electron chi connectivity index (χ4n) is 4.94. The maximum atomic E-state index is 14.6. The highest BCUT2D eigenvalue weighted by Gasteiger charge is 2.35. The molecule has 46 heavy (non-hydrogen) atoms. The molecule has 4 rings (SSSR count). The predicted octanol–water partition coefficient (Wildman–Crippen LogP) is 6.52. The van der Waals surface area contributed by atoms with E-state index in [1.54, 1.807) is 36.4 Å². The second-order valence-electron chi connectivity index (χ2n) is 11.2. The van der Waals surface area contributed by atoms with Crippen molar-refractivity contribution in [2.24, 2.45) is 0 Å². The Morgan fingerprint density at radius 3 is 2.15 bits per heavy atom. The number of aryl methyl sites for hydroxylation is 1. The third kappa shape index (κ3) is 8.98. The van der Waals surface area contributed by atoms with Gasteiger partial charge in [0.2, 0.25) is 11.8 Å².